The fraction of sp³-hybridized carbons (Fsp3) is 0.714. The van der Waals surface area contributed by atoms with Crippen molar-refractivity contribution in [2.24, 2.45) is 5.92 Å². The van der Waals surface area contributed by atoms with Gasteiger partial charge in [-0.1, -0.05) is 6.08 Å². The van der Waals surface area contributed by atoms with Crippen LogP contribution in [0.4, 0.5) is 0 Å². The normalized spacial score (nSPS) is 43.1. The molecule has 0 aromatic rings. The molecule has 1 fully saturated rings. The first-order valence-electron chi connectivity index (χ1n) is 3.22. The van der Waals surface area contributed by atoms with Crippen molar-refractivity contribution in [3.05, 3.63) is 12.7 Å². The first kappa shape index (κ1) is 6.78. The smallest absolute Gasteiger partial charge is 0.0805 e. The Kier molecular flexibility index (Phi) is 1.88. The van der Waals surface area contributed by atoms with Gasteiger partial charge >= 0.3 is 0 Å². The molecule has 0 spiro atoms. The highest BCUT2D eigenvalue weighted by molar-refractivity contribution is 4.91. The molecule has 1 aliphatic rings. The average Bonchev–Trinajstić information content (AvgIpc) is 2.13. The molecule has 0 amide bonds. The van der Waals surface area contributed by atoms with Crippen molar-refractivity contribution in [1.29, 1.82) is 0 Å². The molecule has 0 aromatic carbocycles. The number of allylic oxidation sites excluding steroid dienone is 1. The van der Waals surface area contributed by atoms with E-state index in [-0.39, 0.29) is 0 Å². The van der Waals surface area contributed by atoms with Crippen LogP contribution in [0.25, 0.3) is 0 Å². The minimum Gasteiger partial charge on any atom is -0.390 e. The fourth-order valence-corrected chi connectivity index (χ4v) is 1.22. The largest absolute Gasteiger partial charge is 0.390 e. The van der Waals surface area contributed by atoms with Gasteiger partial charge in [-0.25, -0.2) is 0 Å². The predicted octanol–water partition coefficient (Wildman–Crippen LogP) is 0.304. The Morgan fingerprint density at radius 3 is 1.89 bits per heavy atom. The van der Waals surface area contributed by atoms with E-state index in [4.69, 9.17) is 10.2 Å². The van der Waals surface area contributed by atoms with Crippen molar-refractivity contribution in [3.63, 3.8) is 0 Å². The van der Waals surface area contributed by atoms with Crippen LogP contribution >= 0.6 is 0 Å². The van der Waals surface area contributed by atoms with Crippen LogP contribution in [0.1, 0.15) is 12.8 Å². The SMILES string of the molecule is C=CC1C[C@@H](O)[C@@H](O)C1. The van der Waals surface area contributed by atoms with Crippen molar-refractivity contribution in [3.8, 4) is 0 Å². The second kappa shape index (κ2) is 2.50. The van der Waals surface area contributed by atoms with Crippen LogP contribution in [0.3, 0.4) is 0 Å². The van der Waals surface area contributed by atoms with Gasteiger partial charge in [0.05, 0.1) is 12.2 Å². The first-order valence-corrected chi connectivity index (χ1v) is 3.22. The van der Waals surface area contributed by atoms with E-state index in [0.29, 0.717) is 18.8 Å². The van der Waals surface area contributed by atoms with E-state index in [0.717, 1.165) is 0 Å². The third-order valence-corrected chi connectivity index (χ3v) is 1.87. The summed E-state index contributed by atoms with van der Waals surface area (Å²) in [5, 5.41) is 18.0. The van der Waals surface area contributed by atoms with Crippen LogP contribution in [0.2, 0.25) is 0 Å². The highest BCUT2D eigenvalue weighted by Gasteiger charge is 2.29. The first-order chi connectivity index (χ1) is 4.24. The highest BCUT2D eigenvalue weighted by Crippen LogP contribution is 2.26. The Hall–Kier alpha value is -0.340. The molecule has 1 saturated carbocycles. The summed E-state index contributed by atoms with van der Waals surface area (Å²) in [5.74, 6) is 0.315. The van der Waals surface area contributed by atoms with Gasteiger partial charge < -0.3 is 10.2 Å². The zero-order chi connectivity index (χ0) is 6.85. The number of rotatable bonds is 1. The van der Waals surface area contributed by atoms with Gasteiger partial charge in [-0.05, 0) is 18.8 Å². The number of aliphatic hydroxyl groups excluding tert-OH is 2. The van der Waals surface area contributed by atoms with Crippen molar-refractivity contribution in [2.75, 3.05) is 0 Å². The second-order valence-corrected chi connectivity index (χ2v) is 2.60. The van der Waals surface area contributed by atoms with E-state index >= 15 is 0 Å². The Morgan fingerprint density at radius 2 is 1.67 bits per heavy atom. The summed E-state index contributed by atoms with van der Waals surface area (Å²) in [6, 6.07) is 0. The minimum absolute atomic E-state index is 0.315. The van der Waals surface area contributed by atoms with Gasteiger partial charge in [0.25, 0.3) is 0 Å². The molecule has 2 nitrogen and oxygen atoms in total. The minimum atomic E-state index is -0.520. The van der Waals surface area contributed by atoms with E-state index in [1.807, 2.05) is 0 Å². The molecule has 2 N–H and O–H groups in total. The topological polar surface area (TPSA) is 40.5 Å². The molecule has 3 atom stereocenters. The molecule has 1 rings (SSSR count). The van der Waals surface area contributed by atoms with Crippen LogP contribution < -0.4 is 0 Å². The van der Waals surface area contributed by atoms with Gasteiger partial charge in [-0.15, -0.1) is 6.58 Å². The van der Waals surface area contributed by atoms with Crippen molar-refractivity contribution >= 4 is 0 Å². The Balaban J connectivity index is 2.43. The lowest BCUT2D eigenvalue weighted by atomic mass is 10.1. The molecule has 2 heteroatoms. The van der Waals surface area contributed by atoms with Crippen LogP contribution in [0, 0.1) is 5.92 Å². The van der Waals surface area contributed by atoms with Gasteiger partial charge in [0, 0.05) is 0 Å². The van der Waals surface area contributed by atoms with Crippen LogP contribution in [-0.4, -0.2) is 22.4 Å². The summed E-state index contributed by atoms with van der Waals surface area (Å²) >= 11 is 0. The van der Waals surface area contributed by atoms with Crippen LogP contribution in [0.5, 0.6) is 0 Å². The lowest BCUT2D eigenvalue weighted by Crippen LogP contribution is -2.17. The third kappa shape index (κ3) is 1.32. The molecule has 0 radical (unpaired) electrons. The average molecular weight is 128 g/mol. The highest BCUT2D eigenvalue weighted by atomic mass is 16.3. The molecule has 0 aliphatic heterocycles. The van der Waals surface area contributed by atoms with Gasteiger partial charge in [0.1, 0.15) is 0 Å². The predicted molar refractivity (Wildman–Crippen MR) is 34.9 cm³/mol. The Morgan fingerprint density at radius 1 is 1.22 bits per heavy atom. The van der Waals surface area contributed by atoms with Gasteiger partial charge in [-0.3, -0.25) is 0 Å². The number of aliphatic hydroxyl groups is 2. The molecule has 52 valence electrons. The molecule has 0 heterocycles. The quantitative estimate of drug-likeness (QED) is 0.499. The Bertz CT molecular complexity index is 101. The summed E-state index contributed by atoms with van der Waals surface area (Å²) in [4.78, 5) is 0. The third-order valence-electron chi connectivity index (χ3n) is 1.87. The molecule has 0 saturated heterocycles. The molecule has 9 heavy (non-hydrogen) atoms. The molecule has 1 unspecified atom stereocenters. The summed E-state index contributed by atoms with van der Waals surface area (Å²) in [6.45, 7) is 3.59. The lowest BCUT2D eigenvalue weighted by molar-refractivity contribution is 0.0438. The summed E-state index contributed by atoms with van der Waals surface area (Å²) < 4.78 is 0. The summed E-state index contributed by atoms with van der Waals surface area (Å²) in [5.41, 5.74) is 0. The zero-order valence-corrected chi connectivity index (χ0v) is 5.33. The Labute approximate surface area is 54.8 Å². The van der Waals surface area contributed by atoms with Crippen molar-refractivity contribution < 1.29 is 10.2 Å². The summed E-state index contributed by atoms with van der Waals surface area (Å²) in [6.07, 6.45) is 2.09. The molecular weight excluding hydrogens is 116 g/mol. The van der Waals surface area contributed by atoms with Crippen molar-refractivity contribution in [2.45, 2.75) is 25.0 Å². The van der Waals surface area contributed by atoms with E-state index < -0.39 is 12.2 Å². The maximum atomic E-state index is 9.00. The second-order valence-electron chi connectivity index (χ2n) is 2.60. The van der Waals surface area contributed by atoms with E-state index in [2.05, 4.69) is 6.58 Å². The molecular formula is C7H12O2. The summed E-state index contributed by atoms with van der Waals surface area (Å²) in [7, 11) is 0. The van der Waals surface area contributed by atoms with E-state index in [1.54, 1.807) is 6.08 Å². The monoisotopic (exact) mass is 128 g/mol. The standard InChI is InChI=1S/C7H12O2/c1-2-5-3-6(8)7(9)4-5/h2,5-9H,1,3-4H2/t5?,6-,7+. The fourth-order valence-electron chi connectivity index (χ4n) is 1.22. The van der Waals surface area contributed by atoms with E-state index in [9.17, 15) is 0 Å². The molecule has 1 aliphatic carbocycles. The maximum absolute atomic E-state index is 9.00. The van der Waals surface area contributed by atoms with Crippen molar-refractivity contribution in [1.82, 2.24) is 0 Å². The molecule has 0 aromatic heterocycles. The number of hydrogen-bond acceptors (Lipinski definition) is 2. The lowest BCUT2D eigenvalue weighted by Gasteiger charge is -2.03. The van der Waals surface area contributed by atoms with E-state index in [1.165, 1.54) is 0 Å². The molecule has 0 bridgehead atoms. The zero-order valence-electron chi connectivity index (χ0n) is 5.33. The van der Waals surface area contributed by atoms with Gasteiger partial charge in [0.2, 0.25) is 0 Å². The maximum Gasteiger partial charge on any atom is 0.0805 e. The number of hydrogen-bond donors (Lipinski definition) is 2. The van der Waals surface area contributed by atoms with Gasteiger partial charge in [0.15, 0.2) is 0 Å². The van der Waals surface area contributed by atoms with Gasteiger partial charge in [-0.2, -0.15) is 0 Å². The van der Waals surface area contributed by atoms with Crippen LogP contribution in [0.15, 0.2) is 12.7 Å². The van der Waals surface area contributed by atoms with Crippen LogP contribution in [-0.2, 0) is 0 Å².